The second kappa shape index (κ2) is 11.7. The van der Waals surface area contributed by atoms with Gasteiger partial charge in [0, 0.05) is 44.4 Å². The van der Waals surface area contributed by atoms with Crippen LogP contribution in [-0.4, -0.2) is 64.9 Å². The SMILES string of the molecule is Cc1cc(C)n(CCCOc2cccc(CN3CCOC[C@](O)(COc4cccc(F)c4)C3)c2)n1. The molecule has 3 aromatic rings. The Morgan fingerprint density at radius 3 is 2.66 bits per heavy atom. The molecule has 0 aliphatic carbocycles. The molecule has 8 heteroatoms. The molecular weight excluding hydrogens is 449 g/mol. The predicted octanol–water partition coefficient (Wildman–Crippen LogP) is 3.75. The van der Waals surface area contributed by atoms with Crippen LogP contribution in [0.15, 0.2) is 54.6 Å². The second-order valence-electron chi connectivity index (χ2n) is 9.23. The van der Waals surface area contributed by atoms with E-state index in [4.69, 9.17) is 14.2 Å². The van der Waals surface area contributed by atoms with Crippen LogP contribution in [0.2, 0.25) is 0 Å². The molecule has 188 valence electrons. The van der Waals surface area contributed by atoms with E-state index in [-0.39, 0.29) is 19.0 Å². The van der Waals surface area contributed by atoms with Gasteiger partial charge in [-0.3, -0.25) is 9.58 Å². The van der Waals surface area contributed by atoms with Crippen LogP contribution in [-0.2, 0) is 17.8 Å². The predicted molar refractivity (Wildman–Crippen MR) is 131 cm³/mol. The third-order valence-electron chi connectivity index (χ3n) is 5.94. The van der Waals surface area contributed by atoms with E-state index in [1.807, 2.05) is 29.8 Å². The average Bonchev–Trinajstić information content (AvgIpc) is 3.03. The maximum Gasteiger partial charge on any atom is 0.134 e. The van der Waals surface area contributed by atoms with E-state index in [1.54, 1.807) is 12.1 Å². The molecule has 7 nitrogen and oxygen atoms in total. The highest BCUT2D eigenvalue weighted by Gasteiger charge is 2.33. The van der Waals surface area contributed by atoms with Crippen molar-refractivity contribution in [3.8, 4) is 11.5 Å². The van der Waals surface area contributed by atoms with Gasteiger partial charge in [0.25, 0.3) is 0 Å². The Bertz CT molecular complexity index is 1110. The third-order valence-corrected chi connectivity index (χ3v) is 5.94. The molecule has 2 heterocycles. The van der Waals surface area contributed by atoms with E-state index in [1.165, 1.54) is 12.1 Å². The highest BCUT2D eigenvalue weighted by molar-refractivity contribution is 5.28. The fourth-order valence-electron chi connectivity index (χ4n) is 4.29. The minimum absolute atomic E-state index is 0.0192. The molecule has 0 amide bonds. The van der Waals surface area contributed by atoms with Crippen molar-refractivity contribution in [3.63, 3.8) is 0 Å². The largest absolute Gasteiger partial charge is 0.494 e. The highest BCUT2D eigenvalue weighted by atomic mass is 19.1. The van der Waals surface area contributed by atoms with Crippen LogP contribution in [0.4, 0.5) is 4.39 Å². The van der Waals surface area contributed by atoms with Crippen molar-refractivity contribution in [1.29, 1.82) is 0 Å². The summed E-state index contributed by atoms with van der Waals surface area (Å²) in [6.07, 6.45) is 0.869. The van der Waals surface area contributed by atoms with Crippen molar-refractivity contribution >= 4 is 0 Å². The van der Waals surface area contributed by atoms with Crippen molar-refractivity contribution in [2.45, 2.75) is 39.0 Å². The summed E-state index contributed by atoms with van der Waals surface area (Å²) < 4.78 is 32.7. The molecule has 0 radical (unpaired) electrons. The summed E-state index contributed by atoms with van der Waals surface area (Å²) in [4.78, 5) is 2.14. The third kappa shape index (κ3) is 7.52. The number of benzene rings is 2. The van der Waals surface area contributed by atoms with Gasteiger partial charge in [-0.15, -0.1) is 0 Å². The Balaban J connectivity index is 1.28. The Labute approximate surface area is 206 Å². The van der Waals surface area contributed by atoms with Gasteiger partial charge in [-0.25, -0.2) is 4.39 Å². The molecule has 2 aromatic carbocycles. The van der Waals surface area contributed by atoms with Crippen LogP contribution >= 0.6 is 0 Å². The van der Waals surface area contributed by atoms with E-state index in [2.05, 4.69) is 29.1 Å². The number of hydrogen-bond donors (Lipinski definition) is 1. The average molecular weight is 484 g/mol. The summed E-state index contributed by atoms with van der Waals surface area (Å²) in [6.45, 7) is 7.92. The van der Waals surface area contributed by atoms with Gasteiger partial charge < -0.3 is 19.3 Å². The lowest BCUT2D eigenvalue weighted by atomic mass is 10.1. The Kier molecular flexibility index (Phi) is 8.38. The standard InChI is InChI=1S/C27H34FN3O4/c1-21-14-22(2)31(29-21)10-5-12-34-25-8-3-6-23(15-25)17-30-11-13-33-19-27(32,18-30)20-35-26-9-4-7-24(28)16-26/h3-4,6-9,14-16,32H,5,10-13,17-20H2,1-2H3/t27-/m0/s1. The number of β-amino-alcohol motifs (C(OH)–C–C–N with tert-alkyl or cyclic N) is 1. The topological polar surface area (TPSA) is 69.0 Å². The molecule has 1 aliphatic rings. The molecule has 1 aliphatic heterocycles. The Hall–Kier alpha value is -2.94. The lowest BCUT2D eigenvalue weighted by Gasteiger charge is -2.30. The molecular formula is C27H34FN3O4. The Morgan fingerprint density at radius 2 is 1.89 bits per heavy atom. The first-order valence-corrected chi connectivity index (χ1v) is 12.0. The lowest BCUT2D eigenvalue weighted by Crippen LogP contribution is -2.48. The van der Waals surface area contributed by atoms with Crippen molar-refractivity contribution in [2.24, 2.45) is 0 Å². The first-order chi connectivity index (χ1) is 16.9. The molecule has 1 fully saturated rings. The monoisotopic (exact) mass is 483 g/mol. The van der Waals surface area contributed by atoms with Crippen molar-refractivity contribution < 1.29 is 23.7 Å². The number of aliphatic hydroxyl groups is 1. The number of nitrogens with zero attached hydrogens (tertiary/aromatic N) is 3. The van der Waals surface area contributed by atoms with Crippen LogP contribution in [0.5, 0.6) is 11.5 Å². The van der Waals surface area contributed by atoms with Crippen molar-refractivity contribution in [1.82, 2.24) is 14.7 Å². The van der Waals surface area contributed by atoms with Gasteiger partial charge in [-0.05, 0) is 49.7 Å². The minimum atomic E-state index is -1.19. The summed E-state index contributed by atoms with van der Waals surface area (Å²) in [7, 11) is 0. The van der Waals surface area contributed by atoms with Gasteiger partial charge >= 0.3 is 0 Å². The fourth-order valence-corrected chi connectivity index (χ4v) is 4.29. The summed E-state index contributed by atoms with van der Waals surface area (Å²) in [5.41, 5.74) is 2.09. The summed E-state index contributed by atoms with van der Waals surface area (Å²) in [5, 5.41) is 15.6. The smallest absolute Gasteiger partial charge is 0.134 e. The van der Waals surface area contributed by atoms with Gasteiger partial charge in [-0.2, -0.15) is 5.10 Å². The molecule has 0 saturated carbocycles. The first kappa shape index (κ1) is 25.2. The van der Waals surface area contributed by atoms with Gasteiger partial charge in [-0.1, -0.05) is 18.2 Å². The second-order valence-corrected chi connectivity index (χ2v) is 9.23. The van der Waals surface area contributed by atoms with Crippen molar-refractivity contribution in [3.05, 3.63) is 77.4 Å². The van der Waals surface area contributed by atoms with E-state index in [9.17, 15) is 9.50 Å². The molecule has 1 atom stereocenters. The number of ether oxygens (including phenoxy) is 3. The van der Waals surface area contributed by atoms with Crippen LogP contribution in [0.3, 0.4) is 0 Å². The first-order valence-electron chi connectivity index (χ1n) is 12.0. The fraction of sp³-hybridized carbons (Fsp3) is 0.444. The Morgan fingerprint density at radius 1 is 1.09 bits per heavy atom. The molecule has 1 saturated heterocycles. The number of halogens is 1. The van der Waals surface area contributed by atoms with Gasteiger partial charge in [0.1, 0.15) is 29.5 Å². The summed E-state index contributed by atoms with van der Waals surface area (Å²) >= 11 is 0. The lowest BCUT2D eigenvalue weighted by molar-refractivity contribution is -0.0647. The zero-order valence-electron chi connectivity index (χ0n) is 20.5. The molecule has 0 bridgehead atoms. The number of rotatable bonds is 10. The minimum Gasteiger partial charge on any atom is -0.494 e. The summed E-state index contributed by atoms with van der Waals surface area (Å²) in [6, 6.07) is 16.0. The molecule has 0 unspecified atom stereocenters. The van der Waals surface area contributed by atoms with Crippen LogP contribution in [0, 0.1) is 19.7 Å². The quantitative estimate of drug-likeness (QED) is 0.443. The van der Waals surface area contributed by atoms with E-state index in [0.29, 0.717) is 38.6 Å². The maximum atomic E-state index is 13.4. The van der Waals surface area contributed by atoms with Gasteiger partial charge in [0.15, 0.2) is 0 Å². The number of aromatic nitrogens is 2. The normalized spacial score (nSPS) is 18.9. The van der Waals surface area contributed by atoms with E-state index < -0.39 is 5.60 Å². The molecule has 0 spiro atoms. The van der Waals surface area contributed by atoms with E-state index >= 15 is 0 Å². The number of hydrogen-bond acceptors (Lipinski definition) is 6. The maximum absolute atomic E-state index is 13.4. The van der Waals surface area contributed by atoms with Crippen LogP contribution < -0.4 is 9.47 Å². The van der Waals surface area contributed by atoms with Crippen LogP contribution in [0.1, 0.15) is 23.4 Å². The van der Waals surface area contributed by atoms with Gasteiger partial charge in [0.05, 0.1) is 25.5 Å². The zero-order chi connectivity index (χ0) is 24.7. The summed E-state index contributed by atoms with van der Waals surface area (Å²) in [5.74, 6) is 0.838. The van der Waals surface area contributed by atoms with Crippen LogP contribution in [0.25, 0.3) is 0 Å². The zero-order valence-corrected chi connectivity index (χ0v) is 20.5. The molecule has 4 rings (SSSR count). The molecule has 35 heavy (non-hydrogen) atoms. The van der Waals surface area contributed by atoms with Crippen molar-refractivity contribution in [2.75, 3.05) is 39.5 Å². The van der Waals surface area contributed by atoms with Gasteiger partial charge in [0.2, 0.25) is 0 Å². The van der Waals surface area contributed by atoms with E-state index in [0.717, 1.165) is 35.7 Å². The molecule has 1 N–H and O–H groups in total. The highest BCUT2D eigenvalue weighted by Crippen LogP contribution is 2.21. The number of aryl methyl sites for hydroxylation is 3. The molecule has 1 aromatic heterocycles.